The zero-order valence-corrected chi connectivity index (χ0v) is 12.3. The van der Waals surface area contributed by atoms with E-state index in [0.29, 0.717) is 6.04 Å². The molecule has 2 unspecified atom stereocenters. The molecule has 2 atom stereocenters. The Morgan fingerprint density at radius 2 is 2.28 bits per heavy atom. The summed E-state index contributed by atoms with van der Waals surface area (Å²) in [6.07, 6.45) is 3.00. The van der Waals surface area contributed by atoms with Crippen LogP contribution in [0.5, 0.6) is 0 Å². The number of carbonyl (C=O) groups is 1. The summed E-state index contributed by atoms with van der Waals surface area (Å²) in [6, 6.07) is 0.309. The number of rotatable bonds is 3. The first-order chi connectivity index (χ1) is 8.37. The van der Waals surface area contributed by atoms with Crippen LogP contribution in [0.2, 0.25) is 0 Å². The van der Waals surface area contributed by atoms with Crippen molar-refractivity contribution in [2.75, 3.05) is 25.2 Å². The van der Waals surface area contributed by atoms with Crippen LogP contribution < -0.4 is 0 Å². The molecule has 1 spiro atoms. The van der Waals surface area contributed by atoms with Crippen LogP contribution in [0.3, 0.4) is 0 Å². The fraction of sp³-hybridized carbons (Fsp3) is 0.923. The van der Waals surface area contributed by atoms with Gasteiger partial charge in [0.25, 0.3) is 0 Å². The number of nitrogens with zero attached hydrogens (tertiary/aromatic N) is 1. The molecule has 5 heteroatoms. The standard InChI is InChI=1S/C13H23NO3S/c1-12(2,11(15)16)14(3)10-4-6-17-13(8-10)5-7-18-9-13/h10H,4-9H2,1-3H3,(H,15,16). The lowest BCUT2D eigenvalue weighted by atomic mass is 9.87. The van der Waals surface area contributed by atoms with Crippen molar-refractivity contribution in [1.29, 1.82) is 0 Å². The molecule has 2 fully saturated rings. The van der Waals surface area contributed by atoms with E-state index in [9.17, 15) is 9.90 Å². The van der Waals surface area contributed by atoms with Gasteiger partial charge in [-0.1, -0.05) is 0 Å². The smallest absolute Gasteiger partial charge is 0.323 e. The summed E-state index contributed by atoms with van der Waals surface area (Å²) in [7, 11) is 1.93. The van der Waals surface area contributed by atoms with Gasteiger partial charge in [0.05, 0.1) is 5.60 Å². The van der Waals surface area contributed by atoms with Gasteiger partial charge < -0.3 is 9.84 Å². The largest absolute Gasteiger partial charge is 0.480 e. The molecule has 0 aromatic heterocycles. The molecule has 0 amide bonds. The average Bonchev–Trinajstić information content (AvgIpc) is 2.76. The number of hydrogen-bond donors (Lipinski definition) is 1. The van der Waals surface area contributed by atoms with Crippen molar-refractivity contribution < 1.29 is 14.6 Å². The predicted molar refractivity (Wildman–Crippen MR) is 73.1 cm³/mol. The number of carboxylic acid groups (broad SMARTS) is 1. The van der Waals surface area contributed by atoms with Crippen LogP contribution in [0.15, 0.2) is 0 Å². The Morgan fingerprint density at radius 1 is 1.56 bits per heavy atom. The molecule has 104 valence electrons. The molecule has 2 heterocycles. The van der Waals surface area contributed by atoms with E-state index in [2.05, 4.69) is 0 Å². The molecule has 2 rings (SSSR count). The van der Waals surface area contributed by atoms with Crippen molar-refractivity contribution in [3.05, 3.63) is 0 Å². The van der Waals surface area contributed by atoms with Crippen molar-refractivity contribution in [2.24, 2.45) is 0 Å². The minimum absolute atomic E-state index is 0.0103. The predicted octanol–water partition coefficient (Wildman–Crippen LogP) is 1.84. The first-order valence-corrected chi connectivity index (χ1v) is 7.71. The van der Waals surface area contributed by atoms with Crippen LogP contribution in [0, 0.1) is 0 Å². The van der Waals surface area contributed by atoms with Gasteiger partial charge in [0.15, 0.2) is 0 Å². The summed E-state index contributed by atoms with van der Waals surface area (Å²) < 4.78 is 5.99. The van der Waals surface area contributed by atoms with Crippen molar-refractivity contribution in [1.82, 2.24) is 4.90 Å². The van der Waals surface area contributed by atoms with E-state index in [1.165, 1.54) is 5.75 Å². The highest BCUT2D eigenvalue weighted by Crippen LogP contribution is 2.40. The van der Waals surface area contributed by atoms with E-state index in [1.54, 1.807) is 13.8 Å². The topological polar surface area (TPSA) is 49.8 Å². The molecule has 0 saturated carbocycles. The van der Waals surface area contributed by atoms with Crippen molar-refractivity contribution in [2.45, 2.75) is 50.3 Å². The molecule has 4 nitrogen and oxygen atoms in total. The fourth-order valence-electron chi connectivity index (χ4n) is 2.80. The van der Waals surface area contributed by atoms with Crippen LogP contribution in [0.25, 0.3) is 0 Å². The Bertz CT molecular complexity index is 326. The van der Waals surface area contributed by atoms with Crippen molar-refractivity contribution in [3.8, 4) is 0 Å². The molecule has 18 heavy (non-hydrogen) atoms. The van der Waals surface area contributed by atoms with Crippen LogP contribution in [-0.2, 0) is 9.53 Å². The second kappa shape index (κ2) is 5.02. The van der Waals surface area contributed by atoms with E-state index < -0.39 is 11.5 Å². The third-order valence-corrected chi connectivity index (χ3v) is 5.71. The second-order valence-electron chi connectivity index (χ2n) is 5.96. The van der Waals surface area contributed by atoms with Gasteiger partial charge in [-0.25, -0.2) is 0 Å². The molecule has 0 aliphatic carbocycles. The zero-order chi connectivity index (χ0) is 13.4. The summed E-state index contributed by atoms with van der Waals surface area (Å²) >= 11 is 1.95. The van der Waals surface area contributed by atoms with Gasteiger partial charge >= 0.3 is 5.97 Å². The molecular formula is C13H23NO3S. The first kappa shape index (κ1) is 14.2. The van der Waals surface area contributed by atoms with Crippen molar-refractivity contribution >= 4 is 17.7 Å². The highest BCUT2D eigenvalue weighted by Gasteiger charge is 2.45. The third-order valence-electron chi connectivity index (χ3n) is 4.49. The Labute approximate surface area is 113 Å². The molecule has 0 radical (unpaired) electrons. The molecule has 2 saturated heterocycles. The summed E-state index contributed by atoms with van der Waals surface area (Å²) in [5.41, 5.74) is -0.800. The van der Waals surface area contributed by atoms with Gasteiger partial charge in [0, 0.05) is 18.4 Å². The highest BCUT2D eigenvalue weighted by atomic mass is 32.2. The first-order valence-electron chi connectivity index (χ1n) is 6.55. The summed E-state index contributed by atoms with van der Waals surface area (Å²) in [4.78, 5) is 13.4. The van der Waals surface area contributed by atoms with Crippen LogP contribution >= 0.6 is 11.8 Å². The maximum absolute atomic E-state index is 11.3. The van der Waals surface area contributed by atoms with E-state index >= 15 is 0 Å². The van der Waals surface area contributed by atoms with E-state index in [0.717, 1.165) is 31.6 Å². The molecule has 0 aromatic carbocycles. The number of thioether (sulfide) groups is 1. The monoisotopic (exact) mass is 273 g/mol. The lowest BCUT2D eigenvalue weighted by Gasteiger charge is -2.45. The number of aliphatic carboxylic acids is 1. The number of ether oxygens (including phenoxy) is 1. The van der Waals surface area contributed by atoms with E-state index in [-0.39, 0.29) is 5.60 Å². The van der Waals surface area contributed by atoms with Gasteiger partial charge in [0.1, 0.15) is 5.54 Å². The van der Waals surface area contributed by atoms with E-state index in [1.807, 2.05) is 23.7 Å². The van der Waals surface area contributed by atoms with Gasteiger partial charge in [-0.15, -0.1) is 0 Å². The lowest BCUT2D eigenvalue weighted by Crippen LogP contribution is -2.57. The quantitative estimate of drug-likeness (QED) is 0.850. The zero-order valence-electron chi connectivity index (χ0n) is 11.4. The third kappa shape index (κ3) is 2.53. The Morgan fingerprint density at radius 3 is 2.83 bits per heavy atom. The molecule has 0 aromatic rings. The fourth-order valence-corrected chi connectivity index (χ4v) is 4.18. The molecular weight excluding hydrogens is 250 g/mol. The summed E-state index contributed by atoms with van der Waals surface area (Å²) in [6.45, 7) is 4.31. The Balaban J connectivity index is 2.07. The Kier molecular flexibility index (Phi) is 3.95. The van der Waals surface area contributed by atoms with Gasteiger partial charge in [-0.3, -0.25) is 9.69 Å². The maximum Gasteiger partial charge on any atom is 0.323 e. The van der Waals surface area contributed by atoms with Crippen LogP contribution in [-0.4, -0.2) is 58.3 Å². The number of likely N-dealkylation sites (N-methyl/N-ethyl adjacent to an activating group) is 1. The van der Waals surface area contributed by atoms with Gasteiger partial charge in [-0.2, -0.15) is 11.8 Å². The average molecular weight is 273 g/mol. The second-order valence-corrected chi connectivity index (χ2v) is 7.06. The lowest BCUT2D eigenvalue weighted by molar-refractivity contribution is -0.154. The van der Waals surface area contributed by atoms with E-state index in [4.69, 9.17) is 4.74 Å². The Hall–Kier alpha value is -0.260. The van der Waals surface area contributed by atoms with Crippen molar-refractivity contribution in [3.63, 3.8) is 0 Å². The SMILES string of the molecule is CN(C1CCOC2(CCSC2)C1)C(C)(C)C(=O)O. The van der Waals surface area contributed by atoms with Crippen LogP contribution in [0.1, 0.15) is 33.1 Å². The summed E-state index contributed by atoms with van der Waals surface area (Å²) in [5.74, 6) is 1.47. The highest BCUT2D eigenvalue weighted by molar-refractivity contribution is 7.99. The molecule has 1 N–H and O–H groups in total. The maximum atomic E-state index is 11.3. The van der Waals surface area contributed by atoms with Gasteiger partial charge in [-0.05, 0) is 45.9 Å². The number of hydrogen-bond acceptors (Lipinski definition) is 4. The normalized spacial score (nSPS) is 33.2. The molecule has 0 bridgehead atoms. The van der Waals surface area contributed by atoms with Gasteiger partial charge in [0.2, 0.25) is 0 Å². The minimum Gasteiger partial charge on any atom is -0.480 e. The molecule has 2 aliphatic heterocycles. The number of carboxylic acids is 1. The summed E-state index contributed by atoms with van der Waals surface area (Å²) in [5, 5.41) is 9.32. The minimum atomic E-state index is -0.811. The van der Waals surface area contributed by atoms with Crippen LogP contribution in [0.4, 0.5) is 0 Å². The molecule has 2 aliphatic rings.